The van der Waals surface area contributed by atoms with Crippen molar-refractivity contribution in [1.29, 1.82) is 0 Å². The molecule has 1 atom stereocenters. The van der Waals surface area contributed by atoms with Gasteiger partial charge in [0.1, 0.15) is 0 Å². The van der Waals surface area contributed by atoms with Crippen molar-refractivity contribution >= 4 is 37.4 Å². The molecule has 20 heavy (non-hydrogen) atoms. The van der Waals surface area contributed by atoms with Crippen LogP contribution in [0.4, 0.5) is 0 Å². The summed E-state index contributed by atoms with van der Waals surface area (Å²) in [5.41, 5.74) is 1.88. The van der Waals surface area contributed by atoms with Crippen molar-refractivity contribution in [1.82, 2.24) is 5.32 Å². The van der Waals surface area contributed by atoms with E-state index in [1.807, 2.05) is 11.3 Å². The summed E-state index contributed by atoms with van der Waals surface area (Å²) in [6.45, 7) is 2.47. The number of rotatable bonds is 3. The average molecular weight is 352 g/mol. The maximum Gasteiger partial charge on any atom is 0.0488 e. The second-order valence-electron chi connectivity index (χ2n) is 6.24. The summed E-state index contributed by atoms with van der Waals surface area (Å²) in [7, 11) is 2.12. The molecule has 1 N–H and O–H groups in total. The van der Waals surface area contributed by atoms with Gasteiger partial charge < -0.3 is 5.32 Å². The number of hydrogen-bond donors (Lipinski definition) is 1. The SMILES string of the molecule is CNC(c1csc2c(Br)cccc12)C1(C)CCCCC1. The van der Waals surface area contributed by atoms with Crippen LogP contribution in [0.5, 0.6) is 0 Å². The lowest BCUT2D eigenvalue weighted by atomic mass is 9.68. The van der Waals surface area contributed by atoms with Gasteiger partial charge in [-0.2, -0.15) is 0 Å². The number of benzene rings is 1. The molecule has 0 spiro atoms. The quantitative estimate of drug-likeness (QED) is 0.726. The van der Waals surface area contributed by atoms with Gasteiger partial charge in [-0.25, -0.2) is 0 Å². The van der Waals surface area contributed by atoms with Gasteiger partial charge in [0.05, 0.1) is 0 Å². The second-order valence-corrected chi connectivity index (χ2v) is 7.98. The van der Waals surface area contributed by atoms with Crippen molar-refractivity contribution in [3.05, 3.63) is 33.6 Å². The third-order valence-electron chi connectivity index (χ3n) is 4.87. The van der Waals surface area contributed by atoms with E-state index in [1.165, 1.54) is 52.2 Å². The zero-order chi connectivity index (χ0) is 14.2. The molecule has 3 rings (SSSR count). The fourth-order valence-corrected chi connectivity index (χ4v) is 5.44. The molecule has 0 amide bonds. The lowest BCUT2D eigenvalue weighted by Gasteiger charge is -2.41. The molecule has 108 valence electrons. The maximum atomic E-state index is 3.68. The minimum absolute atomic E-state index is 0.392. The third-order valence-corrected chi connectivity index (χ3v) is 6.84. The predicted octanol–water partition coefficient (Wildman–Crippen LogP) is 5.89. The monoisotopic (exact) mass is 351 g/mol. The standard InChI is InChI=1S/C17H22BrNS/c1-17(9-4-3-5-10-17)16(19-2)13-11-20-15-12(13)7-6-8-14(15)18/h6-8,11,16,19H,3-5,9-10H2,1-2H3. The van der Waals surface area contributed by atoms with Gasteiger partial charge >= 0.3 is 0 Å². The summed E-state index contributed by atoms with van der Waals surface area (Å²) < 4.78 is 2.59. The topological polar surface area (TPSA) is 12.0 Å². The first-order valence-corrected chi connectivity index (χ1v) is 9.16. The van der Waals surface area contributed by atoms with Crippen molar-refractivity contribution in [2.24, 2.45) is 5.41 Å². The second kappa shape index (κ2) is 5.78. The van der Waals surface area contributed by atoms with E-state index >= 15 is 0 Å². The fourth-order valence-electron chi connectivity index (χ4n) is 3.79. The van der Waals surface area contributed by atoms with Gasteiger partial charge in [-0.1, -0.05) is 38.3 Å². The van der Waals surface area contributed by atoms with Crippen LogP contribution >= 0.6 is 27.3 Å². The summed E-state index contributed by atoms with van der Waals surface area (Å²) in [6.07, 6.45) is 6.83. The van der Waals surface area contributed by atoms with Crippen LogP contribution in [0.2, 0.25) is 0 Å². The van der Waals surface area contributed by atoms with Crippen LogP contribution < -0.4 is 5.32 Å². The van der Waals surface area contributed by atoms with E-state index in [9.17, 15) is 0 Å². The molecule has 1 aliphatic carbocycles. The molecule has 1 saturated carbocycles. The van der Waals surface area contributed by atoms with Gasteiger partial charge in [0.15, 0.2) is 0 Å². The van der Waals surface area contributed by atoms with Gasteiger partial charge in [0.25, 0.3) is 0 Å². The Morgan fingerprint density at radius 2 is 2.00 bits per heavy atom. The summed E-state index contributed by atoms with van der Waals surface area (Å²) in [4.78, 5) is 0. The Hall–Kier alpha value is -0.380. The van der Waals surface area contributed by atoms with Crippen molar-refractivity contribution in [2.45, 2.75) is 45.1 Å². The Morgan fingerprint density at radius 3 is 2.70 bits per heavy atom. The molecular weight excluding hydrogens is 330 g/mol. The van der Waals surface area contributed by atoms with E-state index in [1.54, 1.807) is 0 Å². The highest BCUT2D eigenvalue weighted by Gasteiger charge is 2.36. The fraction of sp³-hybridized carbons (Fsp3) is 0.529. The highest BCUT2D eigenvalue weighted by atomic mass is 79.9. The van der Waals surface area contributed by atoms with E-state index in [0.717, 1.165) is 0 Å². The summed E-state index contributed by atoms with van der Waals surface area (Å²) in [5, 5.41) is 7.39. The van der Waals surface area contributed by atoms with E-state index in [-0.39, 0.29) is 0 Å². The molecule has 1 aliphatic rings. The first-order chi connectivity index (χ1) is 9.65. The van der Waals surface area contributed by atoms with Gasteiger partial charge in [-0.05, 0) is 63.6 Å². The van der Waals surface area contributed by atoms with Crippen molar-refractivity contribution in [3.63, 3.8) is 0 Å². The lowest BCUT2D eigenvalue weighted by Crippen LogP contribution is -2.35. The summed E-state index contributed by atoms with van der Waals surface area (Å²) in [6, 6.07) is 7.02. The smallest absolute Gasteiger partial charge is 0.0488 e. The van der Waals surface area contributed by atoms with Crippen molar-refractivity contribution in [3.8, 4) is 0 Å². The zero-order valence-corrected chi connectivity index (χ0v) is 14.6. The molecule has 1 nitrogen and oxygen atoms in total. The highest BCUT2D eigenvalue weighted by molar-refractivity contribution is 9.10. The highest BCUT2D eigenvalue weighted by Crippen LogP contribution is 2.48. The average Bonchev–Trinajstić information content (AvgIpc) is 2.86. The number of thiophene rings is 1. The summed E-state index contributed by atoms with van der Waals surface area (Å²) >= 11 is 5.54. The molecule has 3 heteroatoms. The van der Waals surface area contributed by atoms with Crippen molar-refractivity contribution in [2.75, 3.05) is 7.05 Å². The van der Waals surface area contributed by atoms with Crippen LogP contribution in [0.15, 0.2) is 28.1 Å². The van der Waals surface area contributed by atoms with Crippen LogP contribution in [-0.4, -0.2) is 7.05 Å². The van der Waals surface area contributed by atoms with Gasteiger partial charge in [-0.3, -0.25) is 0 Å². The van der Waals surface area contributed by atoms with Gasteiger partial charge in [0, 0.05) is 15.2 Å². The Kier molecular flexibility index (Phi) is 4.21. The first kappa shape index (κ1) is 14.6. The van der Waals surface area contributed by atoms with E-state index < -0.39 is 0 Å². The minimum atomic E-state index is 0.392. The Labute approximate surface area is 133 Å². The largest absolute Gasteiger partial charge is 0.312 e. The molecule has 0 saturated heterocycles. The Bertz CT molecular complexity index is 598. The molecule has 1 aromatic heterocycles. The number of hydrogen-bond acceptors (Lipinski definition) is 2. The molecule has 1 aromatic carbocycles. The maximum absolute atomic E-state index is 3.68. The Balaban J connectivity index is 2.05. The van der Waals surface area contributed by atoms with Gasteiger partial charge in [0.2, 0.25) is 0 Å². The molecular formula is C17H22BrNS. The van der Waals surface area contributed by atoms with Crippen LogP contribution in [0.1, 0.15) is 50.6 Å². The number of halogens is 1. The van der Waals surface area contributed by atoms with Gasteiger partial charge in [-0.15, -0.1) is 11.3 Å². The molecule has 2 aromatic rings. The van der Waals surface area contributed by atoms with Crippen LogP contribution in [0.25, 0.3) is 10.1 Å². The molecule has 1 unspecified atom stereocenters. The first-order valence-electron chi connectivity index (χ1n) is 7.48. The number of fused-ring (bicyclic) bond motifs is 1. The minimum Gasteiger partial charge on any atom is -0.312 e. The Morgan fingerprint density at radius 1 is 1.25 bits per heavy atom. The molecule has 0 aliphatic heterocycles. The predicted molar refractivity (Wildman–Crippen MR) is 92.5 cm³/mol. The summed E-state index contributed by atoms with van der Waals surface area (Å²) in [5.74, 6) is 0. The number of nitrogens with one attached hydrogen (secondary N) is 1. The normalized spacial score (nSPS) is 20.1. The van der Waals surface area contributed by atoms with Crippen molar-refractivity contribution < 1.29 is 0 Å². The lowest BCUT2D eigenvalue weighted by molar-refractivity contribution is 0.151. The zero-order valence-electron chi connectivity index (χ0n) is 12.2. The molecule has 1 heterocycles. The third kappa shape index (κ3) is 2.44. The van der Waals surface area contributed by atoms with E-state index in [2.05, 4.69) is 58.8 Å². The van der Waals surface area contributed by atoms with Crippen LogP contribution in [-0.2, 0) is 0 Å². The molecule has 1 fully saturated rings. The molecule has 0 bridgehead atoms. The van der Waals surface area contributed by atoms with E-state index in [0.29, 0.717) is 11.5 Å². The van der Waals surface area contributed by atoms with E-state index in [4.69, 9.17) is 0 Å². The molecule has 0 radical (unpaired) electrons. The van der Waals surface area contributed by atoms with Crippen LogP contribution in [0.3, 0.4) is 0 Å². The van der Waals surface area contributed by atoms with Crippen LogP contribution in [0, 0.1) is 5.41 Å².